The van der Waals surface area contributed by atoms with Crippen LogP contribution in [0.25, 0.3) is 0 Å². The molecule has 0 aromatic heterocycles. The van der Waals surface area contributed by atoms with Crippen molar-refractivity contribution < 1.29 is 4.74 Å². The number of rotatable bonds is 10. The fourth-order valence-corrected chi connectivity index (χ4v) is 2.20. The van der Waals surface area contributed by atoms with Crippen molar-refractivity contribution >= 4 is 0 Å². The number of hydrogen-bond donors (Lipinski definition) is 1. The third-order valence-electron chi connectivity index (χ3n) is 3.51. The molecule has 2 nitrogen and oxygen atoms in total. The van der Waals surface area contributed by atoms with Crippen molar-refractivity contribution in [1.82, 2.24) is 5.32 Å². The standard InChI is InChI=1S/C17H29NO/c1-4-6-9-16(5-2)14-18-11-12-19-17-10-7-8-15(3)13-17/h7-8,10,13,16,18H,4-6,9,11-12,14H2,1-3H3. The number of hydrogen-bond acceptors (Lipinski definition) is 2. The topological polar surface area (TPSA) is 21.3 Å². The van der Waals surface area contributed by atoms with Crippen LogP contribution in [0.2, 0.25) is 0 Å². The molecule has 1 aromatic carbocycles. The summed E-state index contributed by atoms with van der Waals surface area (Å²) in [5.41, 5.74) is 1.25. The molecule has 0 bridgehead atoms. The van der Waals surface area contributed by atoms with Crippen molar-refractivity contribution in [2.45, 2.75) is 46.5 Å². The lowest BCUT2D eigenvalue weighted by Gasteiger charge is -2.15. The van der Waals surface area contributed by atoms with Crippen LogP contribution >= 0.6 is 0 Å². The van der Waals surface area contributed by atoms with Crippen molar-refractivity contribution in [3.63, 3.8) is 0 Å². The minimum atomic E-state index is 0.744. The molecule has 1 atom stereocenters. The predicted octanol–water partition coefficient (Wildman–Crippen LogP) is 4.18. The molecule has 0 amide bonds. The SMILES string of the molecule is CCCCC(CC)CNCCOc1cccc(C)c1. The summed E-state index contributed by atoms with van der Waals surface area (Å²) in [5, 5.41) is 3.51. The van der Waals surface area contributed by atoms with Crippen molar-refractivity contribution in [3.8, 4) is 5.75 Å². The van der Waals surface area contributed by atoms with Gasteiger partial charge in [0.15, 0.2) is 0 Å². The second-order valence-electron chi connectivity index (χ2n) is 5.29. The van der Waals surface area contributed by atoms with E-state index in [1.54, 1.807) is 0 Å². The first-order valence-electron chi connectivity index (χ1n) is 7.66. The number of unbranched alkanes of at least 4 members (excludes halogenated alkanes) is 1. The van der Waals surface area contributed by atoms with Crippen molar-refractivity contribution in [2.24, 2.45) is 5.92 Å². The highest BCUT2D eigenvalue weighted by atomic mass is 16.5. The first-order valence-corrected chi connectivity index (χ1v) is 7.66. The second-order valence-corrected chi connectivity index (χ2v) is 5.29. The summed E-state index contributed by atoms with van der Waals surface area (Å²) in [6.07, 6.45) is 5.26. The van der Waals surface area contributed by atoms with Gasteiger partial charge in [-0.15, -0.1) is 0 Å². The molecule has 0 saturated heterocycles. The molecule has 0 aliphatic rings. The van der Waals surface area contributed by atoms with Crippen LogP contribution in [-0.4, -0.2) is 19.7 Å². The highest BCUT2D eigenvalue weighted by Crippen LogP contribution is 2.12. The maximum Gasteiger partial charge on any atom is 0.119 e. The quantitative estimate of drug-likeness (QED) is 0.639. The molecule has 1 unspecified atom stereocenters. The van der Waals surface area contributed by atoms with Crippen LogP contribution in [0.3, 0.4) is 0 Å². The number of aryl methyl sites for hydroxylation is 1. The molecule has 2 heteroatoms. The summed E-state index contributed by atoms with van der Waals surface area (Å²) >= 11 is 0. The van der Waals surface area contributed by atoms with E-state index in [0.29, 0.717) is 0 Å². The molecule has 0 radical (unpaired) electrons. The van der Waals surface area contributed by atoms with E-state index >= 15 is 0 Å². The van der Waals surface area contributed by atoms with Gasteiger partial charge >= 0.3 is 0 Å². The minimum absolute atomic E-state index is 0.744. The maximum atomic E-state index is 5.72. The zero-order valence-electron chi connectivity index (χ0n) is 12.7. The Labute approximate surface area is 118 Å². The van der Waals surface area contributed by atoms with Gasteiger partial charge in [-0.25, -0.2) is 0 Å². The average Bonchev–Trinajstić information content (AvgIpc) is 2.42. The Hall–Kier alpha value is -1.02. The van der Waals surface area contributed by atoms with Gasteiger partial charge < -0.3 is 10.1 Å². The molecule has 108 valence electrons. The lowest BCUT2D eigenvalue weighted by Crippen LogP contribution is -2.27. The molecular formula is C17H29NO. The van der Waals surface area contributed by atoms with Gasteiger partial charge in [0.05, 0.1) is 0 Å². The summed E-state index contributed by atoms with van der Waals surface area (Å²) < 4.78 is 5.72. The second kappa shape index (κ2) is 9.85. The Morgan fingerprint density at radius 2 is 2.11 bits per heavy atom. The summed E-state index contributed by atoms with van der Waals surface area (Å²) in [4.78, 5) is 0. The highest BCUT2D eigenvalue weighted by molar-refractivity contribution is 5.27. The molecule has 1 aromatic rings. The van der Waals surface area contributed by atoms with Crippen LogP contribution in [0.1, 0.15) is 45.1 Å². The summed E-state index contributed by atoms with van der Waals surface area (Å²) in [6, 6.07) is 8.22. The fraction of sp³-hybridized carbons (Fsp3) is 0.647. The number of nitrogens with one attached hydrogen (secondary N) is 1. The van der Waals surface area contributed by atoms with Gasteiger partial charge in [0, 0.05) is 6.54 Å². The molecule has 1 N–H and O–H groups in total. The Bertz CT molecular complexity index is 338. The van der Waals surface area contributed by atoms with Crippen LogP contribution in [-0.2, 0) is 0 Å². The zero-order chi connectivity index (χ0) is 13.9. The van der Waals surface area contributed by atoms with Crippen molar-refractivity contribution in [3.05, 3.63) is 29.8 Å². The Kier molecular flexibility index (Phi) is 8.31. The Morgan fingerprint density at radius 1 is 1.26 bits per heavy atom. The smallest absolute Gasteiger partial charge is 0.119 e. The molecule has 19 heavy (non-hydrogen) atoms. The third kappa shape index (κ3) is 7.22. The molecule has 0 saturated carbocycles. The molecule has 0 aliphatic carbocycles. The molecule has 1 rings (SSSR count). The van der Waals surface area contributed by atoms with Gasteiger partial charge in [0.2, 0.25) is 0 Å². The normalized spacial score (nSPS) is 12.4. The number of benzene rings is 1. The van der Waals surface area contributed by atoms with E-state index in [-0.39, 0.29) is 0 Å². The van der Waals surface area contributed by atoms with Crippen LogP contribution in [0, 0.1) is 12.8 Å². The zero-order valence-corrected chi connectivity index (χ0v) is 12.7. The highest BCUT2D eigenvalue weighted by Gasteiger charge is 2.04. The Balaban J connectivity index is 2.10. The van der Waals surface area contributed by atoms with Gasteiger partial charge in [-0.05, 0) is 43.5 Å². The van der Waals surface area contributed by atoms with Crippen LogP contribution in [0.4, 0.5) is 0 Å². The fourth-order valence-electron chi connectivity index (χ4n) is 2.20. The van der Waals surface area contributed by atoms with Crippen LogP contribution < -0.4 is 10.1 Å². The van der Waals surface area contributed by atoms with Gasteiger partial charge in [-0.2, -0.15) is 0 Å². The van der Waals surface area contributed by atoms with Crippen molar-refractivity contribution in [1.29, 1.82) is 0 Å². The van der Waals surface area contributed by atoms with E-state index in [4.69, 9.17) is 4.74 Å². The van der Waals surface area contributed by atoms with E-state index in [2.05, 4.69) is 38.2 Å². The third-order valence-corrected chi connectivity index (χ3v) is 3.51. The lowest BCUT2D eigenvalue weighted by atomic mass is 9.99. The van der Waals surface area contributed by atoms with Gasteiger partial charge in [-0.3, -0.25) is 0 Å². The van der Waals surface area contributed by atoms with E-state index in [1.165, 1.54) is 31.2 Å². The summed E-state index contributed by atoms with van der Waals surface area (Å²) in [6.45, 7) is 9.42. The molecule has 0 heterocycles. The Morgan fingerprint density at radius 3 is 2.79 bits per heavy atom. The number of ether oxygens (including phenoxy) is 1. The molecule has 0 fully saturated rings. The first kappa shape index (κ1) is 16.0. The monoisotopic (exact) mass is 263 g/mol. The van der Waals surface area contributed by atoms with E-state index in [9.17, 15) is 0 Å². The van der Waals surface area contributed by atoms with Crippen molar-refractivity contribution in [2.75, 3.05) is 19.7 Å². The average molecular weight is 263 g/mol. The molecule has 0 aliphatic heterocycles. The van der Waals surface area contributed by atoms with Gasteiger partial charge in [0.25, 0.3) is 0 Å². The summed E-state index contributed by atoms with van der Waals surface area (Å²) in [5.74, 6) is 1.79. The lowest BCUT2D eigenvalue weighted by molar-refractivity contribution is 0.305. The van der Waals surface area contributed by atoms with E-state index < -0.39 is 0 Å². The molecule has 0 spiro atoms. The van der Waals surface area contributed by atoms with Gasteiger partial charge in [0.1, 0.15) is 12.4 Å². The van der Waals surface area contributed by atoms with Crippen LogP contribution in [0.5, 0.6) is 5.75 Å². The molecular weight excluding hydrogens is 234 g/mol. The van der Waals surface area contributed by atoms with Crippen LogP contribution in [0.15, 0.2) is 24.3 Å². The van der Waals surface area contributed by atoms with E-state index in [0.717, 1.165) is 31.4 Å². The van der Waals surface area contributed by atoms with Gasteiger partial charge in [-0.1, -0.05) is 45.2 Å². The summed E-state index contributed by atoms with van der Waals surface area (Å²) in [7, 11) is 0. The van der Waals surface area contributed by atoms with E-state index in [1.807, 2.05) is 12.1 Å². The predicted molar refractivity (Wildman–Crippen MR) is 82.8 cm³/mol. The first-order chi connectivity index (χ1) is 9.26. The largest absolute Gasteiger partial charge is 0.492 e. The maximum absolute atomic E-state index is 5.72. The minimum Gasteiger partial charge on any atom is -0.492 e.